The second kappa shape index (κ2) is 6.41. The Morgan fingerprint density at radius 3 is 2.50 bits per heavy atom. The minimum atomic E-state index is 0.786. The van der Waals surface area contributed by atoms with Crippen LogP contribution in [0.2, 0.25) is 0 Å². The van der Waals surface area contributed by atoms with E-state index >= 15 is 0 Å². The molecule has 24 heavy (non-hydrogen) atoms. The number of hydrogen-bond donors (Lipinski definition) is 1. The van der Waals surface area contributed by atoms with Crippen LogP contribution in [0, 0.1) is 0 Å². The third-order valence-electron chi connectivity index (χ3n) is 4.47. The molecular formula is C18H20N6. The summed E-state index contributed by atoms with van der Waals surface area (Å²) in [7, 11) is 2.17. The van der Waals surface area contributed by atoms with Gasteiger partial charge < -0.3 is 14.8 Å². The number of rotatable bonds is 3. The van der Waals surface area contributed by atoms with E-state index in [1.165, 1.54) is 5.69 Å². The summed E-state index contributed by atoms with van der Waals surface area (Å²) in [5.41, 5.74) is 4.14. The predicted molar refractivity (Wildman–Crippen MR) is 94.8 cm³/mol. The van der Waals surface area contributed by atoms with Crippen molar-refractivity contribution in [1.29, 1.82) is 0 Å². The van der Waals surface area contributed by atoms with Gasteiger partial charge in [0.15, 0.2) is 0 Å². The van der Waals surface area contributed by atoms with Crippen LogP contribution < -0.4 is 4.90 Å². The summed E-state index contributed by atoms with van der Waals surface area (Å²) in [5, 5.41) is 0. The van der Waals surface area contributed by atoms with Gasteiger partial charge in [-0.25, -0.2) is 15.0 Å². The van der Waals surface area contributed by atoms with Gasteiger partial charge in [0.1, 0.15) is 12.2 Å². The zero-order valence-corrected chi connectivity index (χ0v) is 13.7. The van der Waals surface area contributed by atoms with Crippen LogP contribution in [0.4, 0.5) is 5.69 Å². The van der Waals surface area contributed by atoms with Gasteiger partial charge in [-0.3, -0.25) is 0 Å². The highest BCUT2D eigenvalue weighted by Gasteiger charge is 2.15. The first kappa shape index (κ1) is 14.8. The van der Waals surface area contributed by atoms with E-state index in [4.69, 9.17) is 0 Å². The fourth-order valence-electron chi connectivity index (χ4n) is 3.04. The summed E-state index contributed by atoms with van der Waals surface area (Å²) in [4.78, 5) is 20.8. The second-order valence-corrected chi connectivity index (χ2v) is 6.06. The summed E-state index contributed by atoms with van der Waals surface area (Å²) < 4.78 is 0. The fraction of sp³-hybridized carbons (Fsp3) is 0.278. The van der Waals surface area contributed by atoms with Gasteiger partial charge in [-0.15, -0.1) is 0 Å². The summed E-state index contributed by atoms with van der Waals surface area (Å²) in [6.07, 6.45) is 6.93. The Balaban J connectivity index is 1.62. The summed E-state index contributed by atoms with van der Waals surface area (Å²) in [6, 6.07) is 8.61. The third-order valence-corrected chi connectivity index (χ3v) is 4.47. The first-order valence-electron chi connectivity index (χ1n) is 8.15. The van der Waals surface area contributed by atoms with Gasteiger partial charge in [0, 0.05) is 56.0 Å². The molecule has 1 fully saturated rings. The Morgan fingerprint density at radius 1 is 1.00 bits per heavy atom. The van der Waals surface area contributed by atoms with Crippen molar-refractivity contribution >= 4 is 5.69 Å². The number of H-pyrrole nitrogens is 1. The van der Waals surface area contributed by atoms with Crippen LogP contribution in [-0.4, -0.2) is 58.1 Å². The first-order chi connectivity index (χ1) is 11.8. The van der Waals surface area contributed by atoms with E-state index in [0.29, 0.717) is 0 Å². The zero-order chi connectivity index (χ0) is 16.4. The molecule has 0 saturated carbocycles. The number of nitrogens with one attached hydrogen (secondary N) is 1. The Bertz CT molecular complexity index is 789. The number of anilines is 1. The zero-order valence-electron chi connectivity index (χ0n) is 13.7. The normalized spacial score (nSPS) is 15.6. The maximum absolute atomic E-state index is 4.47. The number of nitrogens with zero attached hydrogens (tertiary/aromatic N) is 5. The van der Waals surface area contributed by atoms with Crippen molar-refractivity contribution in [3.05, 3.63) is 49.2 Å². The smallest absolute Gasteiger partial charge is 0.141 e. The fourth-order valence-corrected chi connectivity index (χ4v) is 3.04. The van der Waals surface area contributed by atoms with Crippen LogP contribution >= 0.6 is 0 Å². The van der Waals surface area contributed by atoms with E-state index < -0.39 is 0 Å². The minimum Gasteiger partial charge on any atom is -0.369 e. The number of imidazole rings is 1. The number of aromatic nitrogens is 4. The molecule has 2 aromatic heterocycles. The number of hydrogen-bond acceptors (Lipinski definition) is 5. The van der Waals surface area contributed by atoms with Crippen LogP contribution in [0.5, 0.6) is 0 Å². The summed E-state index contributed by atoms with van der Waals surface area (Å²) >= 11 is 0. The van der Waals surface area contributed by atoms with E-state index in [9.17, 15) is 0 Å². The Morgan fingerprint density at radius 2 is 1.79 bits per heavy atom. The van der Waals surface area contributed by atoms with Gasteiger partial charge in [-0.05, 0) is 19.2 Å². The molecule has 0 unspecified atom stereocenters. The standard InChI is InChI=1S/C18H20N6/c1-23-8-10-24(11-9-23)15-4-2-14(3-5-15)17-16(12-19-13-22-17)18-20-6-7-21-18/h2-7,12-13H,8-11H2,1H3,(H,20,21). The molecule has 0 spiro atoms. The molecule has 4 rings (SSSR count). The minimum absolute atomic E-state index is 0.786. The Kier molecular flexibility index (Phi) is 3.96. The number of piperazine rings is 1. The molecule has 3 aromatic rings. The van der Waals surface area contributed by atoms with Crippen LogP contribution in [0.15, 0.2) is 49.2 Å². The molecule has 1 aliphatic rings. The van der Waals surface area contributed by atoms with Gasteiger partial charge in [0.25, 0.3) is 0 Å². The van der Waals surface area contributed by atoms with Gasteiger partial charge in [-0.2, -0.15) is 0 Å². The molecule has 6 nitrogen and oxygen atoms in total. The summed E-state index contributed by atoms with van der Waals surface area (Å²) in [6.45, 7) is 4.36. The van der Waals surface area contributed by atoms with Crippen molar-refractivity contribution in [2.75, 3.05) is 38.1 Å². The second-order valence-electron chi connectivity index (χ2n) is 6.06. The molecule has 0 atom stereocenters. The molecule has 6 heteroatoms. The maximum Gasteiger partial charge on any atom is 0.141 e. The van der Waals surface area contributed by atoms with Gasteiger partial charge in [-0.1, -0.05) is 12.1 Å². The van der Waals surface area contributed by atoms with Gasteiger partial charge >= 0.3 is 0 Å². The quantitative estimate of drug-likeness (QED) is 0.802. The number of likely N-dealkylation sites (N-methyl/N-ethyl adjacent to an activating group) is 1. The molecule has 1 aliphatic heterocycles. The van der Waals surface area contributed by atoms with E-state index in [0.717, 1.165) is 48.8 Å². The van der Waals surface area contributed by atoms with Gasteiger partial charge in [0.05, 0.1) is 11.3 Å². The first-order valence-corrected chi connectivity index (χ1v) is 8.15. The molecule has 1 saturated heterocycles. The highest BCUT2D eigenvalue weighted by Crippen LogP contribution is 2.29. The highest BCUT2D eigenvalue weighted by atomic mass is 15.2. The summed E-state index contributed by atoms with van der Waals surface area (Å²) in [5.74, 6) is 0.786. The number of benzene rings is 1. The predicted octanol–water partition coefficient (Wildman–Crippen LogP) is 2.29. The molecule has 1 N–H and O–H groups in total. The third kappa shape index (κ3) is 2.88. The lowest BCUT2D eigenvalue weighted by Gasteiger charge is -2.34. The lowest BCUT2D eigenvalue weighted by atomic mass is 10.1. The van der Waals surface area contributed by atoms with Crippen molar-refractivity contribution in [2.45, 2.75) is 0 Å². The molecule has 0 bridgehead atoms. The van der Waals surface area contributed by atoms with Crippen molar-refractivity contribution in [3.8, 4) is 22.6 Å². The Hall–Kier alpha value is -2.73. The van der Waals surface area contributed by atoms with Crippen LogP contribution in [-0.2, 0) is 0 Å². The van der Waals surface area contributed by atoms with Crippen molar-refractivity contribution in [3.63, 3.8) is 0 Å². The monoisotopic (exact) mass is 320 g/mol. The van der Waals surface area contributed by atoms with E-state index in [2.05, 4.69) is 61.0 Å². The van der Waals surface area contributed by atoms with Gasteiger partial charge in [0.2, 0.25) is 0 Å². The van der Waals surface area contributed by atoms with E-state index in [1.807, 2.05) is 6.20 Å². The van der Waals surface area contributed by atoms with E-state index in [-0.39, 0.29) is 0 Å². The van der Waals surface area contributed by atoms with Crippen LogP contribution in [0.1, 0.15) is 0 Å². The molecule has 3 heterocycles. The molecule has 0 amide bonds. The highest BCUT2D eigenvalue weighted by molar-refractivity contribution is 5.77. The molecular weight excluding hydrogens is 300 g/mol. The lowest BCUT2D eigenvalue weighted by molar-refractivity contribution is 0.313. The van der Waals surface area contributed by atoms with Crippen molar-refractivity contribution < 1.29 is 0 Å². The molecule has 0 radical (unpaired) electrons. The number of aromatic amines is 1. The average molecular weight is 320 g/mol. The average Bonchev–Trinajstić information content (AvgIpc) is 3.17. The molecule has 0 aliphatic carbocycles. The van der Waals surface area contributed by atoms with E-state index in [1.54, 1.807) is 18.7 Å². The molecule has 122 valence electrons. The lowest BCUT2D eigenvalue weighted by Crippen LogP contribution is -2.44. The Labute approximate surface area is 141 Å². The van der Waals surface area contributed by atoms with Crippen molar-refractivity contribution in [2.24, 2.45) is 0 Å². The van der Waals surface area contributed by atoms with Crippen molar-refractivity contribution in [1.82, 2.24) is 24.8 Å². The van der Waals surface area contributed by atoms with Crippen LogP contribution in [0.3, 0.4) is 0 Å². The maximum atomic E-state index is 4.47. The molecule has 1 aromatic carbocycles. The largest absolute Gasteiger partial charge is 0.369 e. The SMILES string of the molecule is CN1CCN(c2ccc(-c3ncncc3-c3ncc[nH]3)cc2)CC1. The van der Waals surface area contributed by atoms with Crippen LogP contribution in [0.25, 0.3) is 22.6 Å². The topological polar surface area (TPSA) is 60.9 Å².